The first-order valence-corrected chi connectivity index (χ1v) is 8.98. The molecule has 0 aliphatic carbocycles. The lowest BCUT2D eigenvalue weighted by molar-refractivity contribution is 0.494. The Kier molecular flexibility index (Phi) is 9.58. The highest BCUT2D eigenvalue weighted by Gasteiger charge is 2.12. The molecule has 0 spiro atoms. The Morgan fingerprint density at radius 2 is 1.75 bits per heavy atom. The van der Waals surface area contributed by atoms with Crippen LogP contribution in [-0.2, 0) is 0 Å². The molecule has 1 unspecified atom stereocenters. The van der Waals surface area contributed by atoms with E-state index in [0.717, 1.165) is 9.50 Å². The van der Waals surface area contributed by atoms with Crippen LogP contribution in [0.15, 0.2) is 22.7 Å². The van der Waals surface area contributed by atoms with Crippen LogP contribution >= 0.6 is 27.5 Å². The minimum atomic E-state index is 0.414. The maximum atomic E-state index is 6.00. The Hall–Kier alpha value is -0.0500. The lowest BCUT2D eigenvalue weighted by Crippen LogP contribution is -2.16. The highest BCUT2D eigenvalue weighted by molar-refractivity contribution is 9.10. The summed E-state index contributed by atoms with van der Waals surface area (Å²) in [5.41, 5.74) is 1.31. The minimum Gasteiger partial charge on any atom is -0.313 e. The van der Waals surface area contributed by atoms with Crippen molar-refractivity contribution in [2.45, 2.75) is 64.3 Å². The second kappa shape index (κ2) is 10.6. The maximum Gasteiger partial charge on any atom is 0.0417 e. The van der Waals surface area contributed by atoms with Gasteiger partial charge in [-0.2, -0.15) is 0 Å². The first-order valence-electron chi connectivity index (χ1n) is 7.81. The van der Waals surface area contributed by atoms with Gasteiger partial charge in [0.2, 0.25) is 0 Å². The van der Waals surface area contributed by atoms with E-state index >= 15 is 0 Å². The van der Waals surface area contributed by atoms with Gasteiger partial charge in [0.25, 0.3) is 0 Å². The van der Waals surface area contributed by atoms with Crippen molar-refractivity contribution in [1.82, 2.24) is 5.32 Å². The predicted octanol–water partition coefficient (Wildman–Crippen LogP) is 6.50. The van der Waals surface area contributed by atoms with Gasteiger partial charge in [0.15, 0.2) is 0 Å². The fraction of sp³-hybridized carbons (Fsp3) is 0.647. The molecular weight excluding hydrogens is 334 g/mol. The molecule has 0 saturated heterocycles. The van der Waals surface area contributed by atoms with Gasteiger partial charge in [-0.25, -0.2) is 0 Å². The van der Waals surface area contributed by atoms with Gasteiger partial charge < -0.3 is 5.32 Å². The van der Waals surface area contributed by atoms with E-state index in [0.29, 0.717) is 6.04 Å². The van der Waals surface area contributed by atoms with Gasteiger partial charge in [0, 0.05) is 15.5 Å². The molecule has 0 saturated carbocycles. The smallest absolute Gasteiger partial charge is 0.0417 e. The van der Waals surface area contributed by atoms with E-state index in [1.807, 2.05) is 19.2 Å². The lowest BCUT2D eigenvalue weighted by atomic mass is 9.99. The second-order valence-electron chi connectivity index (χ2n) is 5.42. The van der Waals surface area contributed by atoms with Crippen molar-refractivity contribution in [3.8, 4) is 0 Å². The van der Waals surface area contributed by atoms with E-state index in [9.17, 15) is 0 Å². The summed E-state index contributed by atoms with van der Waals surface area (Å²) in [4.78, 5) is 0. The molecule has 1 aromatic rings. The third kappa shape index (κ3) is 6.60. The summed E-state index contributed by atoms with van der Waals surface area (Å²) in [6, 6.07) is 6.48. The minimum absolute atomic E-state index is 0.414. The SMILES string of the molecule is CCCCCCCCCC(NC)c1ccc(Cl)cc1Br. The van der Waals surface area contributed by atoms with Crippen LogP contribution < -0.4 is 5.32 Å². The zero-order valence-corrected chi connectivity index (χ0v) is 15.1. The van der Waals surface area contributed by atoms with E-state index < -0.39 is 0 Å². The molecule has 20 heavy (non-hydrogen) atoms. The molecule has 0 bridgehead atoms. The maximum absolute atomic E-state index is 6.00. The normalized spacial score (nSPS) is 12.6. The second-order valence-corrected chi connectivity index (χ2v) is 6.71. The fourth-order valence-electron chi connectivity index (χ4n) is 2.55. The van der Waals surface area contributed by atoms with Crippen LogP contribution in [0.3, 0.4) is 0 Å². The topological polar surface area (TPSA) is 12.0 Å². The molecule has 0 aliphatic heterocycles. The molecule has 1 rings (SSSR count). The van der Waals surface area contributed by atoms with Crippen molar-refractivity contribution in [3.05, 3.63) is 33.3 Å². The lowest BCUT2D eigenvalue weighted by Gasteiger charge is -2.18. The molecule has 3 heteroatoms. The third-order valence-corrected chi connectivity index (χ3v) is 4.70. The number of nitrogens with one attached hydrogen (secondary N) is 1. The summed E-state index contributed by atoms with van der Waals surface area (Å²) >= 11 is 9.62. The van der Waals surface area contributed by atoms with Gasteiger partial charge in [-0.1, -0.05) is 85.5 Å². The van der Waals surface area contributed by atoms with Gasteiger partial charge in [0.1, 0.15) is 0 Å². The van der Waals surface area contributed by atoms with Crippen LogP contribution in [0.4, 0.5) is 0 Å². The van der Waals surface area contributed by atoms with Crippen molar-refractivity contribution in [2.75, 3.05) is 7.05 Å². The highest BCUT2D eigenvalue weighted by Crippen LogP contribution is 2.29. The summed E-state index contributed by atoms with van der Waals surface area (Å²) in [5.74, 6) is 0. The summed E-state index contributed by atoms with van der Waals surface area (Å²) in [7, 11) is 2.03. The van der Waals surface area contributed by atoms with Crippen LogP contribution in [0, 0.1) is 0 Å². The molecule has 0 aromatic heterocycles. The predicted molar refractivity (Wildman–Crippen MR) is 93.6 cm³/mol. The monoisotopic (exact) mass is 359 g/mol. The quantitative estimate of drug-likeness (QED) is 0.469. The summed E-state index contributed by atoms with van der Waals surface area (Å²) in [6.45, 7) is 2.27. The molecule has 114 valence electrons. The summed E-state index contributed by atoms with van der Waals surface area (Å²) in [6.07, 6.45) is 10.7. The Morgan fingerprint density at radius 1 is 1.10 bits per heavy atom. The standard InChI is InChI=1S/C17H27BrClN/c1-3-4-5-6-7-8-9-10-17(20-2)15-12-11-14(19)13-16(15)18/h11-13,17,20H,3-10H2,1-2H3. The van der Waals surface area contributed by atoms with Crippen molar-refractivity contribution in [2.24, 2.45) is 0 Å². The number of rotatable bonds is 10. The third-order valence-electron chi connectivity index (χ3n) is 3.78. The molecular formula is C17H27BrClN. The van der Waals surface area contributed by atoms with Crippen molar-refractivity contribution in [3.63, 3.8) is 0 Å². The Balaban J connectivity index is 2.32. The van der Waals surface area contributed by atoms with Crippen LogP contribution in [0.1, 0.15) is 69.9 Å². The van der Waals surface area contributed by atoms with E-state index in [1.54, 1.807) is 0 Å². The zero-order chi connectivity index (χ0) is 14.8. The largest absolute Gasteiger partial charge is 0.313 e. The average Bonchev–Trinajstić information content (AvgIpc) is 2.43. The highest BCUT2D eigenvalue weighted by atomic mass is 79.9. The molecule has 0 fully saturated rings. The number of hydrogen-bond donors (Lipinski definition) is 1. The van der Waals surface area contributed by atoms with Gasteiger partial charge in [-0.05, 0) is 31.2 Å². The summed E-state index contributed by atoms with van der Waals surface area (Å²) in [5, 5.41) is 4.20. The zero-order valence-electron chi connectivity index (χ0n) is 12.7. The van der Waals surface area contributed by atoms with Gasteiger partial charge in [-0.15, -0.1) is 0 Å². The fourth-order valence-corrected chi connectivity index (χ4v) is 3.50. The molecule has 1 N–H and O–H groups in total. The molecule has 1 atom stereocenters. The van der Waals surface area contributed by atoms with Gasteiger partial charge in [-0.3, -0.25) is 0 Å². The van der Waals surface area contributed by atoms with Crippen LogP contribution in [-0.4, -0.2) is 7.05 Å². The first-order chi connectivity index (χ1) is 9.69. The molecule has 1 aromatic carbocycles. The molecule has 0 amide bonds. The Bertz CT molecular complexity index is 381. The summed E-state index contributed by atoms with van der Waals surface area (Å²) < 4.78 is 1.10. The van der Waals surface area contributed by atoms with Crippen LogP contribution in [0.5, 0.6) is 0 Å². The van der Waals surface area contributed by atoms with E-state index in [-0.39, 0.29) is 0 Å². The number of unbranched alkanes of at least 4 members (excludes halogenated alkanes) is 6. The van der Waals surface area contributed by atoms with E-state index in [2.05, 4.69) is 34.2 Å². The first kappa shape index (κ1) is 18.0. The van der Waals surface area contributed by atoms with E-state index in [4.69, 9.17) is 11.6 Å². The molecule has 0 radical (unpaired) electrons. The van der Waals surface area contributed by atoms with Crippen molar-refractivity contribution < 1.29 is 0 Å². The van der Waals surface area contributed by atoms with Gasteiger partial charge in [0.05, 0.1) is 0 Å². The van der Waals surface area contributed by atoms with Gasteiger partial charge >= 0.3 is 0 Å². The average molecular weight is 361 g/mol. The van der Waals surface area contributed by atoms with Crippen LogP contribution in [0.2, 0.25) is 5.02 Å². The molecule has 1 nitrogen and oxygen atoms in total. The Labute approximate surface area is 137 Å². The molecule has 0 aliphatic rings. The molecule has 0 heterocycles. The van der Waals surface area contributed by atoms with E-state index in [1.165, 1.54) is 56.9 Å². The number of halogens is 2. The Morgan fingerprint density at radius 3 is 2.35 bits per heavy atom. The number of benzene rings is 1. The van der Waals surface area contributed by atoms with Crippen LogP contribution in [0.25, 0.3) is 0 Å². The van der Waals surface area contributed by atoms with Crippen molar-refractivity contribution >= 4 is 27.5 Å². The number of hydrogen-bond acceptors (Lipinski definition) is 1. The van der Waals surface area contributed by atoms with Crippen molar-refractivity contribution in [1.29, 1.82) is 0 Å².